The first-order valence-electron chi connectivity index (χ1n) is 7.88. The van der Waals surface area contributed by atoms with Crippen LogP contribution in [0.25, 0.3) is 0 Å². The summed E-state index contributed by atoms with van der Waals surface area (Å²) in [6.07, 6.45) is 4.79. The molecular weight excluding hydrogens is 260 g/mol. The molecule has 0 heterocycles. The van der Waals surface area contributed by atoms with E-state index in [1.54, 1.807) is 0 Å². The number of carbonyl (C=O) groups is 1. The molecule has 0 bridgehead atoms. The van der Waals surface area contributed by atoms with Gasteiger partial charge in [0.05, 0.1) is 0 Å². The fraction of sp³-hybridized carbons (Fsp3) is 0.500. The summed E-state index contributed by atoms with van der Waals surface area (Å²) in [5.74, 6) is 1.34. The Morgan fingerprint density at radius 3 is 2.90 bits per heavy atom. The molecule has 114 valence electrons. The van der Waals surface area contributed by atoms with E-state index in [-0.39, 0.29) is 5.91 Å². The van der Waals surface area contributed by atoms with Gasteiger partial charge < -0.3 is 10.6 Å². The van der Waals surface area contributed by atoms with Crippen LogP contribution in [-0.4, -0.2) is 19.0 Å². The third kappa shape index (κ3) is 4.62. The summed E-state index contributed by atoms with van der Waals surface area (Å²) in [6.45, 7) is 8.06. The van der Waals surface area contributed by atoms with Crippen molar-refractivity contribution in [3.05, 3.63) is 41.5 Å². The highest BCUT2D eigenvalue weighted by Crippen LogP contribution is 2.28. The second-order valence-electron chi connectivity index (χ2n) is 6.12. The van der Waals surface area contributed by atoms with E-state index in [0.29, 0.717) is 18.4 Å². The smallest absolute Gasteiger partial charge is 0.251 e. The Morgan fingerprint density at radius 1 is 1.38 bits per heavy atom. The van der Waals surface area contributed by atoms with Gasteiger partial charge in [0, 0.05) is 24.3 Å². The Balaban J connectivity index is 1.93. The molecule has 2 N–H and O–H groups in total. The van der Waals surface area contributed by atoms with Crippen LogP contribution in [0.3, 0.4) is 0 Å². The van der Waals surface area contributed by atoms with Crippen molar-refractivity contribution in [3.8, 4) is 0 Å². The number of nitrogens with one attached hydrogen (secondary N) is 2. The zero-order chi connectivity index (χ0) is 15.2. The quantitative estimate of drug-likeness (QED) is 0.807. The zero-order valence-corrected chi connectivity index (χ0v) is 13.3. The van der Waals surface area contributed by atoms with Gasteiger partial charge in [-0.2, -0.15) is 0 Å². The summed E-state index contributed by atoms with van der Waals surface area (Å²) in [5, 5.41) is 6.32. The number of anilines is 1. The van der Waals surface area contributed by atoms with Crippen LogP contribution < -0.4 is 10.6 Å². The third-order valence-electron chi connectivity index (χ3n) is 3.94. The van der Waals surface area contributed by atoms with Crippen LogP contribution in [0.15, 0.2) is 35.9 Å². The average molecular weight is 286 g/mol. The summed E-state index contributed by atoms with van der Waals surface area (Å²) in [6, 6.07) is 7.74. The summed E-state index contributed by atoms with van der Waals surface area (Å²) in [7, 11) is 0. The lowest BCUT2D eigenvalue weighted by molar-refractivity contribution is 0.0956. The van der Waals surface area contributed by atoms with Gasteiger partial charge in [0.15, 0.2) is 0 Å². The minimum atomic E-state index is -0.00813. The molecule has 3 nitrogen and oxygen atoms in total. The van der Waals surface area contributed by atoms with Crippen LogP contribution in [0.4, 0.5) is 5.69 Å². The van der Waals surface area contributed by atoms with Gasteiger partial charge in [0.25, 0.3) is 5.91 Å². The maximum absolute atomic E-state index is 11.8. The van der Waals surface area contributed by atoms with Gasteiger partial charge in [0.2, 0.25) is 0 Å². The van der Waals surface area contributed by atoms with Gasteiger partial charge in [-0.15, -0.1) is 0 Å². The van der Waals surface area contributed by atoms with Crippen molar-refractivity contribution in [3.63, 3.8) is 0 Å². The molecule has 0 fully saturated rings. The molecule has 0 spiro atoms. The van der Waals surface area contributed by atoms with Crippen LogP contribution in [0, 0.1) is 11.8 Å². The molecule has 0 saturated carbocycles. The van der Waals surface area contributed by atoms with Crippen molar-refractivity contribution in [2.45, 2.75) is 33.6 Å². The molecule has 2 atom stereocenters. The predicted octanol–water partition coefficient (Wildman–Crippen LogP) is 3.84. The molecule has 0 aromatic heterocycles. The Bertz CT molecular complexity index is 522. The highest BCUT2D eigenvalue weighted by Gasteiger charge is 2.17. The number of hydrogen-bond acceptors (Lipinski definition) is 2. The average Bonchev–Trinajstić information content (AvgIpc) is 2.45. The van der Waals surface area contributed by atoms with Crippen LogP contribution in [0.5, 0.6) is 0 Å². The van der Waals surface area contributed by atoms with Gasteiger partial charge in [0.1, 0.15) is 0 Å². The molecule has 2 rings (SSSR count). The normalized spacial score (nSPS) is 21.6. The Kier molecular flexibility index (Phi) is 5.43. The van der Waals surface area contributed by atoms with Crippen molar-refractivity contribution in [1.29, 1.82) is 0 Å². The van der Waals surface area contributed by atoms with E-state index in [2.05, 4.69) is 30.6 Å². The Hall–Kier alpha value is -1.77. The Morgan fingerprint density at radius 2 is 2.19 bits per heavy atom. The van der Waals surface area contributed by atoms with Crippen LogP contribution in [-0.2, 0) is 0 Å². The maximum Gasteiger partial charge on any atom is 0.251 e. The second kappa shape index (κ2) is 7.30. The topological polar surface area (TPSA) is 41.1 Å². The molecule has 2 unspecified atom stereocenters. The number of allylic oxidation sites excluding steroid dienone is 2. The number of rotatable bonds is 5. The lowest BCUT2D eigenvalue weighted by Crippen LogP contribution is -2.23. The molecule has 1 aromatic carbocycles. The summed E-state index contributed by atoms with van der Waals surface area (Å²) in [4.78, 5) is 11.8. The van der Waals surface area contributed by atoms with Crippen LogP contribution in [0.1, 0.15) is 44.0 Å². The van der Waals surface area contributed by atoms with Crippen LogP contribution >= 0.6 is 0 Å². The molecular formula is C18H26N2O. The number of carbonyl (C=O) groups excluding carboxylic acids is 1. The number of benzene rings is 1. The number of hydrogen-bond donors (Lipinski definition) is 2. The maximum atomic E-state index is 11.8. The fourth-order valence-electron chi connectivity index (χ4n) is 3.14. The van der Waals surface area contributed by atoms with Gasteiger partial charge in [-0.1, -0.05) is 24.6 Å². The summed E-state index contributed by atoms with van der Waals surface area (Å²) >= 11 is 0. The van der Waals surface area contributed by atoms with E-state index in [1.165, 1.54) is 18.4 Å². The largest absolute Gasteiger partial charge is 0.385 e. The first-order valence-corrected chi connectivity index (χ1v) is 7.88. The van der Waals surface area contributed by atoms with E-state index in [0.717, 1.165) is 17.8 Å². The predicted molar refractivity (Wildman–Crippen MR) is 88.6 cm³/mol. The number of amides is 1. The van der Waals surface area contributed by atoms with Gasteiger partial charge >= 0.3 is 0 Å². The van der Waals surface area contributed by atoms with E-state index in [1.807, 2.05) is 31.2 Å². The molecule has 1 aromatic rings. The molecule has 0 saturated heterocycles. The molecule has 1 aliphatic rings. The summed E-state index contributed by atoms with van der Waals surface area (Å²) < 4.78 is 0. The third-order valence-corrected chi connectivity index (χ3v) is 3.94. The van der Waals surface area contributed by atoms with Crippen LogP contribution in [0.2, 0.25) is 0 Å². The lowest BCUT2D eigenvalue weighted by Gasteiger charge is -2.26. The zero-order valence-electron chi connectivity index (χ0n) is 13.3. The first-order chi connectivity index (χ1) is 10.1. The second-order valence-corrected chi connectivity index (χ2v) is 6.12. The summed E-state index contributed by atoms with van der Waals surface area (Å²) in [5.41, 5.74) is 3.24. The molecule has 1 amide bonds. The molecule has 0 radical (unpaired) electrons. The monoisotopic (exact) mass is 286 g/mol. The van der Waals surface area contributed by atoms with Crippen molar-refractivity contribution < 1.29 is 4.79 Å². The van der Waals surface area contributed by atoms with Crippen molar-refractivity contribution in [2.24, 2.45) is 11.8 Å². The van der Waals surface area contributed by atoms with E-state index in [4.69, 9.17) is 0 Å². The lowest BCUT2D eigenvalue weighted by atomic mass is 9.84. The molecule has 3 heteroatoms. The first kappa shape index (κ1) is 15.6. The van der Waals surface area contributed by atoms with Gasteiger partial charge in [-0.05, 0) is 56.7 Å². The highest BCUT2D eigenvalue weighted by atomic mass is 16.1. The van der Waals surface area contributed by atoms with E-state index in [9.17, 15) is 4.79 Å². The minimum Gasteiger partial charge on any atom is -0.385 e. The van der Waals surface area contributed by atoms with E-state index >= 15 is 0 Å². The van der Waals surface area contributed by atoms with Crippen molar-refractivity contribution in [2.75, 3.05) is 18.4 Å². The molecule has 1 aliphatic carbocycles. The minimum absolute atomic E-state index is 0.00813. The molecule has 21 heavy (non-hydrogen) atoms. The fourth-order valence-corrected chi connectivity index (χ4v) is 3.14. The van der Waals surface area contributed by atoms with Gasteiger partial charge in [-0.3, -0.25) is 4.79 Å². The molecule has 0 aliphatic heterocycles. The van der Waals surface area contributed by atoms with E-state index < -0.39 is 0 Å². The highest BCUT2D eigenvalue weighted by molar-refractivity contribution is 5.95. The Labute approximate surface area is 127 Å². The van der Waals surface area contributed by atoms with Crippen molar-refractivity contribution >= 4 is 11.6 Å². The van der Waals surface area contributed by atoms with Crippen molar-refractivity contribution in [1.82, 2.24) is 5.32 Å². The standard InChI is InChI=1S/C18H26N2O/c1-4-19-18(21)16-6-5-7-17(11-16)20-12-15-9-13(2)8-14(3)10-15/h5-8,11,13,15,20H,4,9-10,12H2,1-3H3,(H,19,21). The SMILES string of the molecule is CCNC(=O)c1cccc(NCC2CC(C)=CC(C)C2)c1. The van der Waals surface area contributed by atoms with Gasteiger partial charge in [-0.25, -0.2) is 0 Å².